The summed E-state index contributed by atoms with van der Waals surface area (Å²) in [6.45, 7) is 7.31. The minimum Gasteiger partial charge on any atom is -0.341 e. The number of nitrogens with zero attached hydrogens (tertiary/aromatic N) is 1. The van der Waals surface area contributed by atoms with Crippen LogP contribution in [0.4, 0.5) is 0 Å². The zero-order valence-corrected chi connectivity index (χ0v) is 10.5. The summed E-state index contributed by atoms with van der Waals surface area (Å²) in [6, 6.07) is 0.576. The molecule has 2 saturated heterocycles. The SMILES string of the molecule is CCC(CC)C(=O)N1CC2CCCNC2C1. The normalized spacial score (nSPS) is 29.6. The zero-order chi connectivity index (χ0) is 11.5. The quantitative estimate of drug-likeness (QED) is 0.790. The maximum absolute atomic E-state index is 12.2. The van der Waals surface area contributed by atoms with E-state index in [0.29, 0.717) is 17.9 Å². The number of carbonyl (C=O) groups is 1. The van der Waals surface area contributed by atoms with Crippen molar-refractivity contribution >= 4 is 5.91 Å². The molecule has 2 unspecified atom stereocenters. The Hall–Kier alpha value is -0.570. The van der Waals surface area contributed by atoms with Crippen LogP contribution < -0.4 is 5.32 Å². The van der Waals surface area contributed by atoms with Crippen LogP contribution in [0.25, 0.3) is 0 Å². The Morgan fingerprint density at radius 2 is 2.12 bits per heavy atom. The van der Waals surface area contributed by atoms with Crippen LogP contribution in [0.2, 0.25) is 0 Å². The average Bonchev–Trinajstić information content (AvgIpc) is 2.74. The molecule has 1 N–H and O–H groups in total. The van der Waals surface area contributed by atoms with E-state index in [0.717, 1.165) is 32.5 Å². The number of piperidine rings is 1. The van der Waals surface area contributed by atoms with Gasteiger partial charge in [0.1, 0.15) is 0 Å². The molecule has 16 heavy (non-hydrogen) atoms. The molecular weight excluding hydrogens is 200 g/mol. The van der Waals surface area contributed by atoms with Gasteiger partial charge in [-0.1, -0.05) is 13.8 Å². The fourth-order valence-electron chi connectivity index (χ4n) is 3.12. The van der Waals surface area contributed by atoms with Gasteiger partial charge in [-0.2, -0.15) is 0 Å². The lowest BCUT2D eigenvalue weighted by Crippen LogP contribution is -2.41. The predicted molar refractivity (Wildman–Crippen MR) is 65.2 cm³/mol. The number of hydrogen-bond acceptors (Lipinski definition) is 2. The van der Waals surface area contributed by atoms with E-state index in [1.165, 1.54) is 12.8 Å². The first-order valence-electron chi connectivity index (χ1n) is 6.78. The lowest BCUT2D eigenvalue weighted by Gasteiger charge is -2.24. The summed E-state index contributed by atoms with van der Waals surface area (Å²) < 4.78 is 0. The summed E-state index contributed by atoms with van der Waals surface area (Å²) >= 11 is 0. The molecule has 0 spiro atoms. The molecule has 0 radical (unpaired) electrons. The van der Waals surface area contributed by atoms with Crippen molar-refractivity contribution < 1.29 is 4.79 Å². The number of fused-ring (bicyclic) bond motifs is 1. The van der Waals surface area contributed by atoms with Crippen molar-refractivity contribution in [1.82, 2.24) is 10.2 Å². The first-order chi connectivity index (χ1) is 7.76. The van der Waals surface area contributed by atoms with Crippen molar-refractivity contribution in [2.45, 2.75) is 45.6 Å². The van der Waals surface area contributed by atoms with E-state index in [-0.39, 0.29) is 5.92 Å². The van der Waals surface area contributed by atoms with Gasteiger partial charge in [-0.25, -0.2) is 0 Å². The Balaban J connectivity index is 1.94. The molecule has 2 fully saturated rings. The van der Waals surface area contributed by atoms with Gasteiger partial charge in [0, 0.05) is 25.0 Å². The largest absolute Gasteiger partial charge is 0.341 e. The standard InChI is InChI=1S/C13H24N2O/c1-3-10(4-2)13(16)15-8-11-6-5-7-14-12(11)9-15/h10-12,14H,3-9H2,1-2H3. The zero-order valence-electron chi connectivity index (χ0n) is 10.5. The van der Waals surface area contributed by atoms with Gasteiger partial charge in [-0.3, -0.25) is 4.79 Å². The Morgan fingerprint density at radius 1 is 1.38 bits per heavy atom. The van der Waals surface area contributed by atoms with Gasteiger partial charge in [0.15, 0.2) is 0 Å². The van der Waals surface area contributed by atoms with Crippen LogP contribution in [0.15, 0.2) is 0 Å². The van der Waals surface area contributed by atoms with Gasteiger partial charge in [0.2, 0.25) is 5.91 Å². The molecule has 92 valence electrons. The summed E-state index contributed by atoms with van der Waals surface area (Å²) in [5.74, 6) is 1.36. The van der Waals surface area contributed by atoms with E-state index in [9.17, 15) is 4.79 Å². The topological polar surface area (TPSA) is 32.3 Å². The maximum Gasteiger partial charge on any atom is 0.225 e. The van der Waals surface area contributed by atoms with Crippen LogP contribution >= 0.6 is 0 Å². The number of hydrogen-bond donors (Lipinski definition) is 1. The molecule has 2 aliphatic rings. The number of rotatable bonds is 3. The van der Waals surface area contributed by atoms with Crippen molar-refractivity contribution in [2.24, 2.45) is 11.8 Å². The van der Waals surface area contributed by atoms with E-state index in [4.69, 9.17) is 0 Å². The summed E-state index contributed by atoms with van der Waals surface area (Å²) in [7, 11) is 0. The molecule has 3 nitrogen and oxygen atoms in total. The molecule has 2 aliphatic heterocycles. The van der Waals surface area contributed by atoms with Crippen molar-refractivity contribution in [1.29, 1.82) is 0 Å². The Morgan fingerprint density at radius 3 is 2.75 bits per heavy atom. The maximum atomic E-state index is 12.2. The third-order valence-electron chi connectivity index (χ3n) is 4.25. The molecule has 2 rings (SSSR count). The first kappa shape index (κ1) is 11.9. The van der Waals surface area contributed by atoms with Crippen LogP contribution in [-0.4, -0.2) is 36.5 Å². The molecule has 3 heteroatoms. The van der Waals surface area contributed by atoms with E-state index in [1.807, 2.05) is 0 Å². The summed E-state index contributed by atoms with van der Waals surface area (Å²) in [5, 5.41) is 3.55. The number of likely N-dealkylation sites (tertiary alicyclic amines) is 1. The second-order valence-corrected chi connectivity index (χ2v) is 5.22. The lowest BCUT2D eigenvalue weighted by atomic mass is 9.94. The highest BCUT2D eigenvalue weighted by molar-refractivity contribution is 5.79. The Labute approximate surface area is 98.6 Å². The molecule has 2 atom stereocenters. The second-order valence-electron chi connectivity index (χ2n) is 5.22. The lowest BCUT2D eigenvalue weighted by molar-refractivity contribution is -0.134. The monoisotopic (exact) mass is 224 g/mol. The van der Waals surface area contributed by atoms with E-state index < -0.39 is 0 Å². The summed E-state index contributed by atoms with van der Waals surface area (Å²) in [5.41, 5.74) is 0. The highest BCUT2D eigenvalue weighted by atomic mass is 16.2. The van der Waals surface area contributed by atoms with E-state index in [1.54, 1.807) is 0 Å². The molecular formula is C13H24N2O. The summed E-state index contributed by atoms with van der Waals surface area (Å²) in [4.78, 5) is 14.4. The molecule has 2 heterocycles. The fourth-order valence-corrected chi connectivity index (χ4v) is 3.12. The Bertz CT molecular complexity index is 236. The van der Waals surface area contributed by atoms with Gasteiger partial charge in [0.25, 0.3) is 0 Å². The predicted octanol–water partition coefficient (Wildman–Crippen LogP) is 1.63. The molecule has 1 amide bonds. The first-order valence-corrected chi connectivity index (χ1v) is 6.78. The van der Waals surface area contributed by atoms with Crippen LogP contribution in [0, 0.1) is 11.8 Å². The van der Waals surface area contributed by atoms with E-state index >= 15 is 0 Å². The molecule has 0 bridgehead atoms. The molecule has 0 aromatic rings. The van der Waals surface area contributed by atoms with Crippen molar-refractivity contribution in [2.75, 3.05) is 19.6 Å². The fraction of sp³-hybridized carbons (Fsp3) is 0.923. The molecule has 0 aromatic heterocycles. The second kappa shape index (κ2) is 5.17. The summed E-state index contributed by atoms with van der Waals surface area (Å²) in [6.07, 6.45) is 4.53. The number of nitrogens with one attached hydrogen (secondary N) is 1. The van der Waals surface area contributed by atoms with Gasteiger partial charge < -0.3 is 10.2 Å². The smallest absolute Gasteiger partial charge is 0.225 e. The average molecular weight is 224 g/mol. The van der Waals surface area contributed by atoms with Crippen LogP contribution in [0.1, 0.15) is 39.5 Å². The van der Waals surface area contributed by atoms with E-state index in [2.05, 4.69) is 24.1 Å². The highest BCUT2D eigenvalue weighted by Crippen LogP contribution is 2.26. The molecule has 0 aromatic carbocycles. The van der Waals surface area contributed by atoms with Crippen molar-refractivity contribution in [3.05, 3.63) is 0 Å². The van der Waals surface area contributed by atoms with Gasteiger partial charge in [-0.15, -0.1) is 0 Å². The van der Waals surface area contributed by atoms with Crippen LogP contribution in [0.3, 0.4) is 0 Å². The number of carbonyl (C=O) groups excluding carboxylic acids is 1. The third kappa shape index (κ3) is 2.24. The molecule has 0 saturated carbocycles. The minimum absolute atomic E-state index is 0.250. The molecule has 0 aliphatic carbocycles. The van der Waals surface area contributed by atoms with Gasteiger partial charge >= 0.3 is 0 Å². The van der Waals surface area contributed by atoms with Crippen LogP contribution in [-0.2, 0) is 4.79 Å². The number of amides is 1. The van der Waals surface area contributed by atoms with Gasteiger partial charge in [-0.05, 0) is 38.1 Å². The van der Waals surface area contributed by atoms with Crippen molar-refractivity contribution in [3.8, 4) is 0 Å². The Kier molecular flexibility index (Phi) is 3.85. The highest BCUT2D eigenvalue weighted by Gasteiger charge is 2.37. The van der Waals surface area contributed by atoms with Crippen molar-refractivity contribution in [3.63, 3.8) is 0 Å². The third-order valence-corrected chi connectivity index (χ3v) is 4.25. The van der Waals surface area contributed by atoms with Gasteiger partial charge in [0.05, 0.1) is 0 Å². The minimum atomic E-state index is 0.250. The van der Waals surface area contributed by atoms with Crippen LogP contribution in [0.5, 0.6) is 0 Å².